The zero-order valence-electron chi connectivity index (χ0n) is 26.5. The van der Waals surface area contributed by atoms with E-state index in [-0.39, 0.29) is 24.0 Å². The van der Waals surface area contributed by atoms with Crippen LogP contribution in [0.4, 0.5) is 15.1 Å². The van der Waals surface area contributed by atoms with Crippen LogP contribution in [-0.4, -0.2) is 36.1 Å². The highest BCUT2D eigenvalue weighted by atomic mass is 32.2. The Hall–Kier alpha value is -4.74. The second-order valence-electron chi connectivity index (χ2n) is 11.1. The van der Waals surface area contributed by atoms with Crippen LogP contribution in [-0.2, 0) is 27.2 Å². The molecule has 0 unspecified atom stereocenters. The SMILES string of the molecule is CCOC(=O)c1c(NC(=O)CSc2cccc(NC(=O)/C(=C\c3ccc(F)cc3)NC(=O)c3ccccc3)c2)sc2c1CCCCCC2. The summed E-state index contributed by atoms with van der Waals surface area (Å²) in [7, 11) is 0. The number of benzene rings is 3. The molecule has 0 spiro atoms. The van der Waals surface area contributed by atoms with Crippen molar-refractivity contribution in [3.63, 3.8) is 0 Å². The number of ether oxygens (including phenoxy) is 1. The monoisotopic (exact) mass is 685 g/mol. The van der Waals surface area contributed by atoms with Crippen LogP contribution in [0.5, 0.6) is 0 Å². The molecule has 0 radical (unpaired) electrons. The minimum atomic E-state index is -0.580. The zero-order chi connectivity index (χ0) is 33.9. The molecule has 0 aliphatic heterocycles. The molecule has 0 bridgehead atoms. The third-order valence-electron chi connectivity index (χ3n) is 7.58. The number of esters is 1. The van der Waals surface area contributed by atoms with Gasteiger partial charge < -0.3 is 20.7 Å². The van der Waals surface area contributed by atoms with Gasteiger partial charge in [-0.2, -0.15) is 0 Å². The van der Waals surface area contributed by atoms with Crippen LogP contribution < -0.4 is 16.0 Å². The number of amides is 3. The van der Waals surface area contributed by atoms with Crippen LogP contribution in [0, 0.1) is 5.82 Å². The van der Waals surface area contributed by atoms with Crippen LogP contribution in [0.25, 0.3) is 6.08 Å². The molecule has 3 N–H and O–H groups in total. The van der Waals surface area contributed by atoms with Crippen molar-refractivity contribution in [2.24, 2.45) is 0 Å². The molecule has 248 valence electrons. The molecule has 1 aliphatic carbocycles. The standard InChI is InChI=1S/C37H36FN3O5S2/c1-2-46-37(45)33-29-15-8-3-4-9-16-31(29)48-36(33)41-32(42)23-47-28-14-10-13-27(22-28)39-35(44)30(21-24-17-19-26(38)20-18-24)40-34(43)25-11-6-5-7-12-25/h5-7,10-14,17-22H,2-4,8-9,15-16,23H2,1H3,(H,39,44)(H,40,43)(H,41,42)/b30-21+. The van der Waals surface area contributed by atoms with E-state index in [2.05, 4.69) is 16.0 Å². The second kappa shape index (κ2) is 16.9. The number of hydrogen-bond acceptors (Lipinski definition) is 7. The van der Waals surface area contributed by atoms with E-state index < -0.39 is 23.6 Å². The number of carbonyl (C=O) groups is 4. The summed E-state index contributed by atoms with van der Waals surface area (Å²) in [6, 6.07) is 21.0. The van der Waals surface area contributed by atoms with Gasteiger partial charge in [0, 0.05) is 21.0 Å². The number of fused-ring (bicyclic) bond motifs is 1. The van der Waals surface area contributed by atoms with Crippen molar-refractivity contribution >= 4 is 63.6 Å². The molecule has 4 aromatic rings. The van der Waals surface area contributed by atoms with Gasteiger partial charge in [-0.1, -0.05) is 49.2 Å². The maximum absolute atomic E-state index is 13.5. The van der Waals surface area contributed by atoms with E-state index in [1.165, 1.54) is 53.4 Å². The van der Waals surface area contributed by atoms with Gasteiger partial charge in [0.2, 0.25) is 5.91 Å². The molecule has 1 heterocycles. The van der Waals surface area contributed by atoms with E-state index in [1.807, 2.05) is 6.07 Å². The lowest BCUT2D eigenvalue weighted by Crippen LogP contribution is -2.30. The first-order valence-electron chi connectivity index (χ1n) is 15.8. The van der Waals surface area contributed by atoms with Gasteiger partial charge >= 0.3 is 5.97 Å². The van der Waals surface area contributed by atoms with Gasteiger partial charge in [0.05, 0.1) is 17.9 Å². The van der Waals surface area contributed by atoms with Gasteiger partial charge in [0.25, 0.3) is 11.8 Å². The maximum atomic E-state index is 13.5. The average molecular weight is 686 g/mol. The molecule has 3 aromatic carbocycles. The lowest BCUT2D eigenvalue weighted by Gasteiger charge is -2.12. The highest BCUT2D eigenvalue weighted by Crippen LogP contribution is 2.38. The van der Waals surface area contributed by atoms with Crippen LogP contribution in [0.15, 0.2) is 89.5 Å². The van der Waals surface area contributed by atoms with Crippen molar-refractivity contribution in [1.82, 2.24) is 5.32 Å². The van der Waals surface area contributed by atoms with Gasteiger partial charge in [0.15, 0.2) is 0 Å². The van der Waals surface area contributed by atoms with Crippen LogP contribution >= 0.6 is 23.1 Å². The third-order valence-corrected chi connectivity index (χ3v) is 9.78. The predicted molar refractivity (Wildman–Crippen MR) is 189 cm³/mol. The lowest BCUT2D eigenvalue weighted by atomic mass is 9.96. The average Bonchev–Trinajstić information content (AvgIpc) is 3.40. The maximum Gasteiger partial charge on any atom is 0.341 e. The molecular formula is C37H36FN3O5S2. The van der Waals surface area contributed by atoms with Gasteiger partial charge in [-0.15, -0.1) is 23.1 Å². The smallest absolute Gasteiger partial charge is 0.341 e. The van der Waals surface area contributed by atoms with Gasteiger partial charge in [-0.05, 0) is 92.3 Å². The van der Waals surface area contributed by atoms with Crippen LogP contribution in [0.1, 0.15) is 69.3 Å². The summed E-state index contributed by atoms with van der Waals surface area (Å²) in [6.07, 6.45) is 7.45. The summed E-state index contributed by atoms with van der Waals surface area (Å²) in [5.74, 6) is -2.07. The molecule has 48 heavy (non-hydrogen) atoms. The molecule has 1 aliphatic rings. The van der Waals surface area contributed by atoms with E-state index >= 15 is 0 Å². The number of nitrogens with one attached hydrogen (secondary N) is 3. The highest BCUT2D eigenvalue weighted by Gasteiger charge is 2.26. The first kappa shape index (κ1) is 34.6. The number of hydrogen-bond donors (Lipinski definition) is 3. The van der Waals surface area contributed by atoms with Crippen molar-refractivity contribution in [2.75, 3.05) is 23.0 Å². The minimum Gasteiger partial charge on any atom is -0.462 e. The fourth-order valence-electron chi connectivity index (χ4n) is 5.27. The Morgan fingerprint density at radius 3 is 2.40 bits per heavy atom. The first-order chi connectivity index (χ1) is 23.3. The molecule has 3 amide bonds. The van der Waals surface area contributed by atoms with Crippen LogP contribution in [0.3, 0.4) is 0 Å². The number of anilines is 2. The highest BCUT2D eigenvalue weighted by molar-refractivity contribution is 8.00. The Labute approximate surface area is 287 Å². The van der Waals surface area contributed by atoms with E-state index in [0.29, 0.717) is 27.4 Å². The molecule has 1 aromatic heterocycles. The van der Waals surface area contributed by atoms with Gasteiger partial charge in [0.1, 0.15) is 16.5 Å². The molecular weight excluding hydrogens is 650 g/mol. The molecule has 0 saturated carbocycles. The third kappa shape index (κ3) is 9.42. The molecule has 11 heteroatoms. The van der Waals surface area contributed by atoms with Crippen molar-refractivity contribution in [2.45, 2.75) is 50.3 Å². The second-order valence-corrected chi connectivity index (χ2v) is 13.2. The first-order valence-corrected chi connectivity index (χ1v) is 17.6. The fraction of sp³-hybridized carbons (Fsp3) is 0.243. The summed E-state index contributed by atoms with van der Waals surface area (Å²) in [6.45, 7) is 2.02. The van der Waals surface area contributed by atoms with Crippen molar-refractivity contribution in [3.05, 3.63) is 118 Å². The Kier molecular flexibility index (Phi) is 12.2. The lowest BCUT2D eigenvalue weighted by molar-refractivity contribution is -0.114. The van der Waals surface area contributed by atoms with E-state index in [4.69, 9.17) is 4.74 Å². The number of thioether (sulfide) groups is 1. The topological polar surface area (TPSA) is 114 Å². The summed E-state index contributed by atoms with van der Waals surface area (Å²) in [5, 5.41) is 8.96. The Morgan fingerprint density at radius 2 is 1.65 bits per heavy atom. The zero-order valence-corrected chi connectivity index (χ0v) is 28.1. The minimum absolute atomic E-state index is 0.0321. The molecule has 5 rings (SSSR count). The van der Waals surface area contributed by atoms with Crippen molar-refractivity contribution < 1.29 is 28.3 Å². The number of halogens is 1. The number of rotatable bonds is 11. The fourth-order valence-corrected chi connectivity index (χ4v) is 7.32. The summed E-state index contributed by atoms with van der Waals surface area (Å²) in [4.78, 5) is 54.2. The summed E-state index contributed by atoms with van der Waals surface area (Å²) >= 11 is 2.74. The predicted octanol–water partition coefficient (Wildman–Crippen LogP) is 7.86. The number of aryl methyl sites for hydroxylation is 1. The Morgan fingerprint density at radius 1 is 0.896 bits per heavy atom. The normalized spacial score (nSPS) is 13.0. The van der Waals surface area contributed by atoms with E-state index in [9.17, 15) is 23.6 Å². The molecule has 0 atom stereocenters. The van der Waals surface area contributed by atoms with Gasteiger partial charge in [-0.3, -0.25) is 14.4 Å². The van der Waals surface area contributed by atoms with Crippen LogP contribution in [0.2, 0.25) is 0 Å². The Balaban J connectivity index is 1.26. The van der Waals surface area contributed by atoms with E-state index in [1.54, 1.807) is 55.5 Å². The summed E-state index contributed by atoms with van der Waals surface area (Å²) in [5.41, 5.74) is 2.79. The molecule has 8 nitrogen and oxygen atoms in total. The largest absolute Gasteiger partial charge is 0.462 e. The summed E-state index contributed by atoms with van der Waals surface area (Å²) < 4.78 is 18.9. The van der Waals surface area contributed by atoms with E-state index in [0.717, 1.165) is 53.9 Å². The molecule has 0 saturated heterocycles. The Bertz CT molecular complexity index is 1810. The van der Waals surface area contributed by atoms with Gasteiger partial charge in [-0.25, -0.2) is 9.18 Å². The number of thiophene rings is 1. The number of carbonyl (C=O) groups excluding carboxylic acids is 4. The van der Waals surface area contributed by atoms with Crippen molar-refractivity contribution in [1.29, 1.82) is 0 Å². The quantitative estimate of drug-likeness (QED) is 0.0842. The van der Waals surface area contributed by atoms with Crippen molar-refractivity contribution in [3.8, 4) is 0 Å². The molecule has 0 fully saturated rings.